The molecule has 6 heteroatoms. The normalized spacial score (nSPS) is 49.9. The van der Waals surface area contributed by atoms with Gasteiger partial charge in [-0.2, -0.15) is 0 Å². The summed E-state index contributed by atoms with van der Waals surface area (Å²) in [6.07, 6.45) is 7.82. The summed E-state index contributed by atoms with van der Waals surface area (Å²) in [5.74, 6) is -1.70. The monoisotopic (exact) mass is 450 g/mol. The van der Waals surface area contributed by atoms with Crippen molar-refractivity contribution in [2.24, 2.45) is 28.6 Å². The van der Waals surface area contributed by atoms with Crippen LogP contribution in [0.25, 0.3) is 0 Å². The molecule has 2 N–H and O–H groups in total. The fourth-order valence-electron chi connectivity index (χ4n) is 6.77. The Morgan fingerprint density at radius 3 is 2.57 bits per heavy atom. The van der Waals surface area contributed by atoms with Crippen molar-refractivity contribution in [1.29, 1.82) is 0 Å². The van der Waals surface area contributed by atoms with Crippen LogP contribution in [0.5, 0.6) is 0 Å². The number of allylic oxidation sites excluding steroid dienone is 4. The third-order valence-electron chi connectivity index (χ3n) is 8.89. The summed E-state index contributed by atoms with van der Waals surface area (Å²) >= 11 is 4.04. The van der Waals surface area contributed by atoms with Gasteiger partial charge in [-0.1, -0.05) is 48.9 Å². The number of fused-ring (bicyclic) bond motifs is 5. The van der Waals surface area contributed by atoms with Crippen molar-refractivity contribution >= 4 is 33.3 Å². The summed E-state index contributed by atoms with van der Waals surface area (Å²) < 4.78 is -0.436. The number of aliphatic hydroxyl groups is 2. The molecule has 0 aromatic carbocycles. The highest BCUT2D eigenvalue weighted by molar-refractivity contribution is 9.10. The van der Waals surface area contributed by atoms with Gasteiger partial charge in [-0.05, 0) is 49.2 Å². The lowest BCUT2D eigenvalue weighted by atomic mass is 9.46. The molecule has 0 radical (unpaired) electrons. The average Bonchev–Trinajstić information content (AvgIpc) is 2.94. The molecule has 7 atom stereocenters. The molecule has 0 spiro atoms. The van der Waals surface area contributed by atoms with Gasteiger partial charge in [-0.3, -0.25) is 14.4 Å². The van der Waals surface area contributed by atoms with Crippen LogP contribution in [0.15, 0.2) is 23.8 Å². The number of halogens is 1. The van der Waals surface area contributed by atoms with Gasteiger partial charge in [0.1, 0.15) is 12.2 Å². The van der Waals surface area contributed by atoms with Crippen molar-refractivity contribution in [1.82, 2.24) is 0 Å². The summed E-state index contributed by atoms with van der Waals surface area (Å²) in [5.41, 5.74) is -1.81. The smallest absolute Gasteiger partial charge is 0.222 e. The number of rotatable bonds is 2. The fourth-order valence-corrected chi connectivity index (χ4v) is 8.01. The van der Waals surface area contributed by atoms with Crippen LogP contribution in [-0.2, 0) is 14.4 Å². The number of Topliss-reactive ketones (excluding diaryl/α,β-unsaturated/α-hetero) is 2. The Kier molecular flexibility index (Phi) is 4.29. The number of ketones is 3. The van der Waals surface area contributed by atoms with E-state index in [2.05, 4.69) is 28.9 Å². The number of hydrogen-bond acceptors (Lipinski definition) is 5. The highest BCUT2D eigenvalue weighted by Crippen LogP contribution is 2.70. The first-order valence-corrected chi connectivity index (χ1v) is 10.8. The predicted octanol–water partition coefficient (Wildman–Crippen LogP) is 2.53. The van der Waals surface area contributed by atoms with Crippen LogP contribution in [0.2, 0.25) is 0 Å². The minimum atomic E-state index is -1.52. The maximum Gasteiger partial charge on any atom is 0.222 e. The van der Waals surface area contributed by atoms with E-state index in [1.165, 1.54) is 6.08 Å². The second-order valence-electron chi connectivity index (χ2n) is 9.50. The molecule has 5 nitrogen and oxygen atoms in total. The first-order valence-electron chi connectivity index (χ1n) is 10.0. The second kappa shape index (κ2) is 5.96. The lowest BCUT2D eigenvalue weighted by molar-refractivity contribution is -0.161. The van der Waals surface area contributed by atoms with Crippen LogP contribution >= 0.6 is 15.9 Å². The zero-order chi connectivity index (χ0) is 20.7. The SMILES string of the molecule is CC1C(=O)C(=O)C=C2C=C[C@H]3[C@@H]4CC[C@](O)(C(=O)CO)[C@@]4(C)CC[C@]3(Br)[C@]21C. The minimum absolute atomic E-state index is 0.0115. The van der Waals surface area contributed by atoms with Gasteiger partial charge in [0.25, 0.3) is 0 Å². The van der Waals surface area contributed by atoms with Gasteiger partial charge in [-0.15, -0.1) is 0 Å². The maximum absolute atomic E-state index is 12.6. The van der Waals surface area contributed by atoms with Gasteiger partial charge < -0.3 is 10.2 Å². The quantitative estimate of drug-likeness (QED) is 0.498. The Labute approximate surface area is 173 Å². The van der Waals surface area contributed by atoms with Crippen molar-refractivity contribution < 1.29 is 24.6 Å². The zero-order valence-electron chi connectivity index (χ0n) is 16.5. The molecule has 0 aromatic rings. The molecule has 0 amide bonds. The van der Waals surface area contributed by atoms with Gasteiger partial charge in [0.05, 0.1) is 0 Å². The molecule has 2 saturated carbocycles. The van der Waals surface area contributed by atoms with Crippen LogP contribution in [-0.4, -0.2) is 44.1 Å². The third-order valence-corrected chi connectivity index (χ3v) is 10.6. The Hall–Kier alpha value is -1.11. The molecule has 0 bridgehead atoms. The Balaban J connectivity index is 1.84. The van der Waals surface area contributed by atoms with Crippen molar-refractivity contribution in [3.63, 3.8) is 0 Å². The fraction of sp³-hybridized carbons (Fsp3) is 0.682. The van der Waals surface area contributed by atoms with Crippen molar-refractivity contribution in [3.8, 4) is 0 Å². The number of carbonyl (C=O) groups is 3. The highest BCUT2D eigenvalue weighted by atomic mass is 79.9. The van der Waals surface area contributed by atoms with Crippen molar-refractivity contribution in [2.45, 2.75) is 56.4 Å². The van der Waals surface area contributed by atoms with Gasteiger partial charge in [-0.25, -0.2) is 0 Å². The standard InChI is InChI=1S/C22H27BrO5/c1-12-18(27)16(25)10-13-4-5-15-14-6-7-22(28,17(26)11-24)19(14,2)8-9-21(15,23)20(12,13)3/h4-5,10,12,14-15,24,28H,6-9,11H2,1-3H3/t12?,14-,15-,19-,20-,21+,22-/m0/s1. The minimum Gasteiger partial charge on any atom is -0.388 e. The van der Waals surface area contributed by atoms with Crippen LogP contribution in [0.1, 0.15) is 46.5 Å². The molecule has 152 valence electrons. The summed E-state index contributed by atoms with van der Waals surface area (Å²) in [6.45, 7) is 5.20. The molecule has 4 aliphatic rings. The highest BCUT2D eigenvalue weighted by Gasteiger charge is 2.70. The largest absolute Gasteiger partial charge is 0.388 e. The summed E-state index contributed by atoms with van der Waals surface area (Å²) in [6, 6.07) is 0. The van der Waals surface area contributed by atoms with E-state index in [-0.39, 0.29) is 17.6 Å². The summed E-state index contributed by atoms with van der Waals surface area (Å²) in [7, 11) is 0. The van der Waals surface area contributed by atoms with Crippen molar-refractivity contribution in [3.05, 3.63) is 23.8 Å². The van der Waals surface area contributed by atoms with Crippen LogP contribution in [0, 0.1) is 28.6 Å². The van der Waals surface area contributed by atoms with Crippen LogP contribution in [0.3, 0.4) is 0 Å². The van der Waals surface area contributed by atoms with Gasteiger partial charge in [0.2, 0.25) is 11.6 Å². The topological polar surface area (TPSA) is 91.7 Å². The molecular formula is C22H27BrO5. The lowest BCUT2D eigenvalue weighted by Gasteiger charge is -2.62. The van der Waals surface area contributed by atoms with Gasteiger partial charge >= 0.3 is 0 Å². The van der Waals surface area contributed by atoms with E-state index in [1.54, 1.807) is 0 Å². The second-order valence-corrected chi connectivity index (χ2v) is 10.9. The third kappa shape index (κ3) is 2.07. The van der Waals surface area contributed by atoms with E-state index in [9.17, 15) is 24.6 Å². The molecule has 0 heterocycles. The molecule has 1 unspecified atom stereocenters. The molecule has 0 aliphatic heterocycles. The lowest BCUT2D eigenvalue weighted by Crippen LogP contribution is -2.64. The zero-order valence-corrected chi connectivity index (χ0v) is 18.1. The van der Waals surface area contributed by atoms with E-state index in [0.717, 1.165) is 5.57 Å². The van der Waals surface area contributed by atoms with E-state index in [4.69, 9.17) is 0 Å². The number of alkyl halides is 1. The number of aliphatic hydroxyl groups excluding tert-OH is 1. The molecule has 0 saturated heterocycles. The van der Waals surface area contributed by atoms with E-state index in [1.807, 2.05) is 19.9 Å². The Bertz CT molecular complexity index is 846. The summed E-state index contributed by atoms with van der Waals surface area (Å²) in [5, 5.41) is 20.7. The van der Waals surface area contributed by atoms with E-state index < -0.39 is 44.8 Å². The molecule has 0 aromatic heterocycles. The van der Waals surface area contributed by atoms with E-state index >= 15 is 0 Å². The first-order chi connectivity index (χ1) is 13.0. The predicted molar refractivity (Wildman–Crippen MR) is 107 cm³/mol. The number of carbonyl (C=O) groups excluding carboxylic acids is 3. The van der Waals surface area contributed by atoms with Crippen LogP contribution < -0.4 is 0 Å². The number of hydrogen-bond donors (Lipinski definition) is 2. The average molecular weight is 451 g/mol. The van der Waals surface area contributed by atoms with Crippen LogP contribution in [0.4, 0.5) is 0 Å². The van der Waals surface area contributed by atoms with Gasteiger partial charge in [0, 0.05) is 21.1 Å². The molecule has 4 aliphatic carbocycles. The van der Waals surface area contributed by atoms with Gasteiger partial charge in [0.15, 0.2) is 5.78 Å². The summed E-state index contributed by atoms with van der Waals surface area (Å²) in [4.78, 5) is 37.1. The molecule has 4 rings (SSSR count). The molecule has 28 heavy (non-hydrogen) atoms. The maximum atomic E-state index is 12.6. The van der Waals surface area contributed by atoms with Crippen molar-refractivity contribution in [2.75, 3.05) is 6.61 Å². The molecule has 2 fully saturated rings. The first kappa shape index (κ1) is 20.2. The molecular weight excluding hydrogens is 424 g/mol. The van der Waals surface area contributed by atoms with E-state index in [0.29, 0.717) is 25.7 Å². The Morgan fingerprint density at radius 2 is 1.93 bits per heavy atom. The Morgan fingerprint density at radius 1 is 1.25 bits per heavy atom.